The summed E-state index contributed by atoms with van der Waals surface area (Å²) < 4.78 is 7.23. The first-order chi connectivity index (χ1) is 11.1. The molecule has 2 aromatic carbocycles. The fraction of sp³-hybridized carbons (Fsp3) is 0.105. The largest absolute Gasteiger partial charge is 0.497 e. The fourth-order valence-corrected chi connectivity index (χ4v) is 2.73. The van der Waals surface area contributed by atoms with E-state index in [0.717, 1.165) is 22.7 Å². The lowest BCUT2D eigenvalue weighted by molar-refractivity contribution is 0.0696. The van der Waals surface area contributed by atoms with Crippen molar-refractivity contribution < 1.29 is 14.6 Å². The lowest BCUT2D eigenvalue weighted by atomic mass is 10.1. The molecule has 0 aliphatic rings. The first kappa shape index (κ1) is 14.9. The molecule has 0 amide bonds. The Morgan fingerprint density at radius 1 is 1.04 bits per heavy atom. The van der Waals surface area contributed by atoms with Crippen LogP contribution >= 0.6 is 0 Å². The minimum absolute atomic E-state index is 0.298. The maximum atomic E-state index is 11.5. The smallest absolute Gasteiger partial charge is 0.337 e. The minimum Gasteiger partial charge on any atom is -0.497 e. The van der Waals surface area contributed by atoms with E-state index < -0.39 is 5.97 Å². The van der Waals surface area contributed by atoms with Gasteiger partial charge in [0.2, 0.25) is 0 Å². The number of hydrogen-bond donors (Lipinski definition) is 1. The fourth-order valence-electron chi connectivity index (χ4n) is 2.73. The summed E-state index contributed by atoms with van der Waals surface area (Å²) in [5.41, 5.74) is 3.66. The second-order valence-electron chi connectivity index (χ2n) is 5.24. The molecule has 0 aliphatic heterocycles. The van der Waals surface area contributed by atoms with Crippen LogP contribution in [0.1, 0.15) is 16.1 Å². The molecular weight excluding hydrogens is 290 g/mol. The number of methoxy groups -OCH3 is 1. The van der Waals surface area contributed by atoms with Crippen molar-refractivity contribution in [1.29, 1.82) is 0 Å². The highest BCUT2D eigenvalue weighted by molar-refractivity contribution is 5.91. The van der Waals surface area contributed by atoms with Gasteiger partial charge in [-0.3, -0.25) is 0 Å². The Labute approximate surface area is 134 Å². The highest BCUT2D eigenvalue weighted by atomic mass is 16.5. The number of benzene rings is 2. The third-order valence-corrected chi connectivity index (χ3v) is 3.86. The van der Waals surface area contributed by atoms with Crippen LogP contribution in [-0.4, -0.2) is 22.8 Å². The number of carbonyl (C=O) groups is 1. The zero-order valence-electron chi connectivity index (χ0n) is 13.0. The SMILES string of the molecule is COc1cccc(-n2c(-c3ccccc3)cc(C(=O)O)c2C)c1. The van der Waals surface area contributed by atoms with Crippen molar-refractivity contribution in [2.45, 2.75) is 6.92 Å². The Hall–Kier alpha value is -3.01. The summed E-state index contributed by atoms with van der Waals surface area (Å²) in [5.74, 6) is -0.201. The number of hydrogen-bond acceptors (Lipinski definition) is 2. The molecule has 1 N–H and O–H groups in total. The zero-order valence-corrected chi connectivity index (χ0v) is 13.0. The number of nitrogens with zero attached hydrogens (tertiary/aromatic N) is 1. The van der Waals surface area contributed by atoms with E-state index in [9.17, 15) is 9.90 Å². The van der Waals surface area contributed by atoms with E-state index >= 15 is 0 Å². The summed E-state index contributed by atoms with van der Waals surface area (Å²) in [6, 6.07) is 19.1. The van der Waals surface area contributed by atoms with Crippen molar-refractivity contribution in [3.63, 3.8) is 0 Å². The van der Waals surface area contributed by atoms with Crippen LogP contribution in [0.5, 0.6) is 5.75 Å². The number of ether oxygens (including phenoxy) is 1. The van der Waals surface area contributed by atoms with Gasteiger partial charge in [-0.25, -0.2) is 4.79 Å². The molecule has 0 aliphatic carbocycles. The Bertz CT molecular complexity index is 850. The Morgan fingerprint density at radius 3 is 2.43 bits per heavy atom. The van der Waals surface area contributed by atoms with E-state index in [0.29, 0.717) is 11.3 Å². The molecule has 0 unspecified atom stereocenters. The molecule has 23 heavy (non-hydrogen) atoms. The molecular formula is C19H17NO3. The standard InChI is InChI=1S/C19H17NO3/c1-13-17(19(21)22)12-18(14-7-4-3-5-8-14)20(13)15-9-6-10-16(11-15)23-2/h3-12H,1-2H3,(H,21,22). The third-order valence-electron chi connectivity index (χ3n) is 3.86. The van der Waals surface area contributed by atoms with E-state index in [4.69, 9.17) is 4.74 Å². The summed E-state index contributed by atoms with van der Waals surface area (Å²) in [6.07, 6.45) is 0. The maximum absolute atomic E-state index is 11.5. The van der Waals surface area contributed by atoms with Crippen LogP contribution in [0.2, 0.25) is 0 Å². The molecule has 4 heteroatoms. The van der Waals surface area contributed by atoms with Crippen molar-refractivity contribution in [2.75, 3.05) is 7.11 Å². The molecule has 1 heterocycles. The molecule has 0 radical (unpaired) electrons. The number of aromatic nitrogens is 1. The van der Waals surface area contributed by atoms with E-state index in [1.165, 1.54) is 0 Å². The topological polar surface area (TPSA) is 51.5 Å². The Morgan fingerprint density at radius 2 is 1.78 bits per heavy atom. The van der Waals surface area contributed by atoms with Crippen LogP contribution in [-0.2, 0) is 0 Å². The first-order valence-electron chi connectivity index (χ1n) is 7.27. The van der Waals surface area contributed by atoms with E-state index in [-0.39, 0.29) is 0 Å². The Kier molecular flexibility index (Phi) is 3.89. The number of rotatable bonds is 4. The van der Waals surface area contributed by atoms with E-state index in [1.54, 1.807) is 13.2 Å². The van der Waals surface area contributed by atoms with Crippen LogP contribution < -0.4 is 4.74 Å². The average Bonchev–Trinajstić information content (AvgIpc) is 2.93. The van der Waals surface area contributed by atoms with Crippen LogP contribution in [0, 0.1) is 6.92 Å². The molecule has 4 nitrogen and oxygen atoms in total. The van der Waals surface area contributed by atoms with Crippen molar-refractivity contribution in [1.82, 2.24) is 4.57 Å². The van der Waals surface area contributed by atoms with Gasteiger partial charge < -0.3 is 14.4 Å². The van der Waals surface area contributed by atoms with Crippen molar-refractivity contribution in [3.8, 4) is 22.7 Å². The highest BCUT2D eigenvalue weighted by Gasteiger charge is 2.19. The predicted molar refractivity (Wildman–Crippen MR) is 89.5 cm³/mol. The van der Waals surface area contributed by atoms with Gasteiger partial charge in [0.05, 0.1) is 18.4 Å². The van der Waals surface area contributed by atoms with Gasteiger partial charge in [-0.15, -0.1) is 0 Å². The molecule has 1 aromatic heterocycles. The van der Waals surface area contributed by atoms with Gasteiger partial charge in [0.15, 0.2) is 0 Å². The quantitative estimate of drug-likeness (QED) is 0.787. The van der Waals surface area contributed by atoms with Gasteiger partial charge in [-0.2, -0.15) is 0 Å². The molecule has 0 spiro atoms. The average molecular weight is 307 g/mol. The van der Waals surface area contributed by atoms with E-state index in [1.807, 2.05) is 66.1 Å². The van der Waals surface area contributed by atoms with Gasteiger partial charge >= 0.3 is 5.97 Å². The molecule has 0 atom stereocenters. The molecule has 3 rings (SSSR count). The first-order valence-corrected chi connectivity index (χ1v) is 7.27. The minimum atomic E-state index is -0.929. The predicted octanol–water partition coefficient (Wildman–Crippen LogP) is 4.16. The van der Waals surface area contributed by atoms with Crippen LogP contribution in [0.15, 0.2) is 60.7 Å². The van der Waals surface area contributed by atoms with Gasteiger partial charge in [-0.05, 0) is 30.7 Å². The molecule has 0 saturated heterocycles. The summed E-state index contributed by atoms with van der Waals surface area (Å²) in [6.45, 7) is 1.81. The second-order valence-corrected chi connectivity index (χ2v) is 5.24. The van der Waals surface area contributed by atoms with Crippen molar-refractivity contribution in [2.24, 2.45) is 0 Å². The van der Waals surface area contributed by atoms with Gasteiger partial charge in [0.25, 0.3) is 0 Å². The maximum Gasteiger partial charge on any atom is 0.337 e. The van der Waals surface area contributed by atoms with Crippen molar-refractivity contribution >= 4 is 5.97 Å². The Balaban J connectivity index is 2.27. The monoisotopic (exact) mass is 307 g/mol. The second kappa shape index (κ2) is 6.01. The molecule has 0 fully saturated rings. The summed E-state index contributed by atoms with van der Waals surface area (Å²) in [4.78, 5) is 11.5. The molecule has 116 valence electrons. The van der Waals surface area contributed by atoms with E-state index in [2.05, 4.69) is 0 Å². The third kappa shape index (κ3) is 2.71. The number of aromatic carboxylic acids is 1. The molecule has 3 aromatic rings. The lowest BCUT2D eigenvalue weighted by Gasteiger charge is -2.13. The van der Waals surface area contributed by atoms with Gasteiger partial charge in [-0.1, -0.05) is 36.4 Å². The molecule has 0 bridgehead atoms. The normalized spacial score (nSPS) is 10.5. The van der Waals surface area contributed by atoms with Gasteiger partial charge in [0, 0.05) is 17.4 Å². The lowest BCUT2D eigenvalue weighted by Crippen LogP contribution is -2.02. The zero-order chi connectivity index (χ0) is 16.4. The highest BCUT2D eigenvalue weighted by Crippen LogP contribution is 2.30. The number of carboxylic acid groups (broad SMARTS) is 1. The van der Waals surface area contributed by atoms with Crippen LogP contribution in [0.25, 0.3) is 16.9 Å². The van der Waals surface area contributed by atoms with Crippen molar-refractivity contribution in [3.05, 3.63) is 71.9 Å². The van der Waals surface area contributed by atoms with Crippen LogP contribution in [0.4, 0.5) is 0 Å². The summed E-state index contributed by atoms with van der Waals surface area (Å²) >= 11 is 0. The summed E-state index contributed by atoms with van der Waals surface area (Å²) in [7, 11) is 1.61. The summed E-state index contributed by atoms with van der Waals surface area (Å²) in [5, 5.41) is 9.46. The number of carboxylic acids is 1. The molecule has 0 saturated carbocycles. The van der Waals surface area contributed by atoms with Crippen LogP contribution in [0.3, 0.4) is 0 Å². The van der Waals surface area contributed by atoms with Gasteiger partial charge in [0.1, 0.15) is 5.75 Å².